The SMILES string of the molecule is CCNCc1ccc(CN(CC)[C@@H]2CCNC2)cc1. The van der Waals surface area contributed by atoms with Crippen molar-refractivity contribution < 1.29 is 0 Å². The van der Waals surface area contributed by atoms with E-state index in [1.54, 1.807) is 0 Å². The molecule has 0 amide bonds. The summed E-state index contributed by atoms with van der Waals surface area (Å²) in [7, 11) is 0. The van der Waals surface area contributed by atoms with Gasteiger partial charge in [-0.05, 0) is 37.2 Å². The molecule has 1 aromatic carbocycles. The Labute approximate surface area is 117 Å². The Morgan fingerprint density at radius 1 is 1.21 bits per heavy atom. The third-order valence-electron chi connectivity index (χ3n) is 3.94. The van der Waals surface area contributed by atoms with E-state index in [4.69, 9.17) is 0 Å². The molecule has 0 saturated carbocycles. The molecule has 19 heavy (non-hydrogen) atoms. The van der Waals surface area contributed by atoms with Crippen LogP contribution in [0.3, 0.4) is 0 Å². The van der Waals surface area contributed by atoms with Gasteiger partial charge in [-0.1, -0.05) is 38.1 Å². The Kier molecular flexibility index (Phi) is 5.83. The maximum atomic E-state index is 3.46. The highest BCUT2D eigenvalue weighted by Gasteiger charge is 2.20. The number of likely N-dealkylation sites (N-methyl/N-ethyl adjacent to an activating group) is 1. The van der Waals surface area contributed by atoms with Gasteiger partial charge >= 0.3 is 0 Å². The molecule has 0 radical (unpaired) electrons. The number of hydrogen-bond donors (Lipinski definition) is 2. The fraction of sp³-hybridized carbons (Fsp3) is 0.625. The average molecular weight is 261 g/mol. The normalized spacial score (nSPS) is 19.2. The molecule has 0 unspecified atom stereocenters. The predicted molar refractivity (Wildman–Crippen MR) is 81.2 cm³/mol. The van der Waals surface area contributed by atoms with Gasteiger partial charge in [0.15, 0.2) is 0 Å². The molecule has 0 aromatic heterocycles. The minimum atomic E-state index is 0.714. The first-order chi connectivity index (χ1) is 9.33. The smallest absolute Gasteiger partial charge is 0.0237 e. The van der Waals surface area contributed by atoms with Crippen LogP contribution in [0.15, 0.2) is 24.3 Å². The Bertz CT molecular complexity index is 355. The lowest BCUT2D eigenvalue weighted by Gasteiger charge is -2.27. The van der Waals surface area contributed by atoms with Crippen LogP contribution in [0.4, 0.5) is 0 Å². The number of rotatable bonds is 7. The summed E-state index contributed by atoms with van der Waals surface area (Å²) in [6.45, 7) is 10.9. The summed E-state index contributed by atoms with van der Waals surface area (Å²) in [6, 6.07) is 9.76. The lowest BCUT2D eigenvalue weighted by molar-refractivity contribution is 0.210. The first-order valence-corrected chi connectivity index (χ1v) is 7.56. The van der Waals surface area contributed by atoms with Gasteiger partial charge in [-0.25, -0.2) is 0 Å². The van der Waals surface area contributed by atoms with E-state index in [1.807, 2.05) is 0 Å². The zero-order valence-corrected chi connectivity index (χ0v) is 12.3. The number of nitrogens with zero attached hydrogens (tertiary/aromatic N) is 1. The molecule has 1 aromatic rings. The molecule has 3 nitrogen and oxygen atoms in total. The van der Waals surface area contributed by atoms with Crippen molar-refractivity contribution in [2.45, 2.75) is 39.4 Å². The van der Waals surface area contributed by atoms with Gasteiger partial charge in [0.25, 0.3) is 0 Å². The Morgan fingerprint density at radius 2 is 1.95 bits per heavy atom. The summed E-state index contributed by atoms with van der Waals surface area (Å²) in [5, 5.41) is 6.82. The van der Waals surface area contributed by atoms with E-state index >= 15 is 0 Å². The van der Waals surface area contributed by atoms with Crippen LogP contribution >= 0.6 is 0 Å². The second-order valence-electron chi connectivity index (χ2n) is 5.31. The van der Waals surface area contributed by atoms with E-state index < -0.39 is 0 Å². The second kappa shape index (κ2) is 7.63. The maximum Gasteiger partial charge on any atom is 0.0237 e. The minimum Gasteiger partial charge on any atom is -0.315 e. The van der Waals surface area contributed by atoms with E-state index in [2.05, 4.69) is 53.6 Å². The molecule has 1 fully saturated rings. The van der Waals surface area contributed by atoms with Crippen LogP contribution in [-0.2, 0) is 13.1 Å². The number of benzene rings is 1. The molecule has 1 aliphatic heterocycles. The van der Waals surface area contributed by atoms with Crippen LogP contribution in [0.1, 0.15) is 31.4 Å². The molecule has 106 valence electrons. The van der Waals surface area contributed by atoms with E-state index in [-0.39, 0.29) is 0 Å². The topological polar surface area (TPSA) is 27.3 Å². The number of nitrogens with one attached hydrogen (secondary N) is 2. The van der Waals surface area contributed by atoms with Gasteiger partial charge in [0.1, 0.15) is 0 Å². The van der Waals surface area contributed by atoms with Crippen molar-refractivity contribution in [2.75, 3.05) is 26.2 Å². The molecule has 0 aliphatic carbocycles. The monoisotopic (exact) mass is 261 g/mol. The van der Waals surface area contributed by atoms with Gasteiger partial charge in [-0.2, -0.15) is 0 Å². The van der Waals surface area contributed by atoms with E-state index in [1.165, 1.54) is 24.1 Å². The molecule has 2 N–H and O–H groups in total. The lowest BCUT2D eigenvalue weighted by Crippen LogP contribution is -2.36. The van der Waals surface area contributed by atoms with Crippen molar-refractivity contribution in [3.05, 3.63) is 35.4 Å². The van der Waals surface area contributed by atoms with Crippen molar-refractivity contribution >= 4 is 0 Å². The third kappa shape index (κ3) is 4.30. The van der Waals surface area contributed by atoms with Crippen LogP contribution in [0.5, 0.6) is 0 Å². The van der Waals surface area contributed by atoms with Crippen LogP contribution in [-0.4, -0.2) is 37.1 Å². The summed E-state index contributed by atoms with van der Waals surface area (Å²) in [4.78, 5) is 2.58. The van der Waals surface area contributed by atoms with Crippen LogP contribution in [0, 0.1) is 0 Å². The van der Waals surface area contributed by atoms with Crippen molar-refractivity contribution in [3.8, 4) is 0 Å². The van der Waals surface area contributed by atoms with Gasteiger partial charge in [0.2, 0.25) is 0 Å². The van der Waals surface area contributed by atoms with Crippen molar-refractivity contribution in [1.82, 2.24) is 15.5 Å². The molecule has 0 spiro atoms. The Hall–Kier alpha value is -0.900. The summed E-state index contributed by atoms with van der Waals surface area (Å²) in [5.41, 5.74) is 2.80. The molecule has 1 aliphatic rings. The van der Waals surface area contributed by atoms with Crippen LogP contribution in [0.2, 0.25) is 0 Å². The summed E-state index contributed by atoms with van der Waals surface area (Å²) in [6.07, 6.45) is 1.28. The zero-order valence-electron chi connectivity index (χ0n) is 12.3. The highest BCUT2D eigenvalue weighted by molar-refractivity contribution is 5.22. The van der Waals surface area contributed by atoms with Crippen LogP contribution in [0.25, 0.3) is 0 Å². The van der Waals surface area contributed by atoms with E-state index in [0.29, 0.717) is 6.04 Å². The fourth-order valence-electron chi connectivity index (χ4n) is 2.72. The molecule has 1 heterocycles. The molecular formula is C16H27N3. The second-order valence-corrected chi connectivity index (χ2v) is 5.31. The van der Waals surface area contributed by atoms with Gasteiger partial charge in [-0.15, -0.1) is 0 Å². The predicted octanol–water partition coefficient (Wildman–Crippen LogP) is 1.98. The molecule has 0 bridgehead atoms. The summed E-state index contributed by atoms with van der Waals surface area (Å²) < 4.78 is 0. The molecule has 3 heteroatoms. The van der Waals surface area contributed by atoms with E-state index in [0.717, 1.165) is 32.7 Å². The third-order valence-corrected chi connectivity index (χ3v) is 3.94. The molecule has 2 rings (SSSR count). The molecular weight excluding hydrogens is 234 g/mol. The largest absolute Gasteiger partial charge is 0.315 e. The highest BCUT2D eigenvalue weighted by Crippen LogP contribution is 2.13. The summed E-state index contributed by atoms with van der Waals surface area (Å²) >= 11 is 0. The van der Waals surface area contributed by atoms with Crippen molar-refractivity contribution in [3.63, 3.8) is 0 Å². The standard InChI is InChI=1S/C16H27N3/c1-3-17-11-14-5-7-15(8-6-14)13-19(4-2)16-9-10-18-12-16/h5-8,16-18H,3-4,9-13H2,1-2H3/t16-/m1/s1. The van der Waals surface area contributed by atoms with Crippen molar-refractivity contribution in [1.29, 1.82) is 0 Å². The number of hydrogen-bond acceptors (Lipinski definition) is 3. The minimum absolute atomic E-state index is 0.714. The Morgan fingerprint density at radius 3 is 2.53 bits per heavy atom. The van der Waals surface area contributed by atoms with Gasteiger partial charge in [0, 0.05) is 25.7 Å². The lowest BCUT2D eigenvalue weighted by atomic mass is 10.1. The van der Waals surface area contributed by atoms with Crippen molar-refractivity contribution in [2.24, 2.45) is 0 Å². The maximum absolute atomic E-state index is 3.46. The van der Waals surface area contributed by atoms with Gasteiger partial charge in [0.05, 0.1) is 0 Å². The molecule has 1 atom stereocenters. The van der Waals surface area contributed by atoms with Gasteiger partial charge in [-0.3, -0.25) is 4.90 Å². The zero-order chi connectivity index (χ0) is 13.5. The Balaban J connectivity index is 1.89. The first kappa shape index (κ1) is 14.5. The average Bonchev–Trinajstić information content (AvgIpc) is 2.98. The molecule has 1 saturated heterocycles. The highest BCUT2D eigenvalue weighted by atomic mass is 15.2. The van der Waals surface area contributed by atoms with Crippen LogP contribution < -0.4 is 10.6 Å². The quantitative estimate of drug-likeness (QED) is 0.786. The van der Waals surface area contributed by atoms with E-state index in [9.17, 15) is 0 Å². The van der Waals surface area contributed by atoms with Gasteiger partial charge < -0.3 is 10.6 Å². The summed E-state index contributed by atoms with van der Waals surface area (Å²) in [5.74, 6) is 0. The fourth-order valence-corrected chi connectivity index (χ4v) is 2.72. The first-order valence-electron chi connectivity index (χ1n) is 7.56.